The Hall–Kier alpha value is -2.45. The molecule has 0 saturated carbocycles. The minimum atomic E-state index is -0.158. The Balaban J connectivity index is 1.39. The van der Waals surface area contributed by atoms with Crippen molar-refractivity contribution in [3.05, 3.63) is 83.7 Å². The number of nitrogens with zero attached hydrogens (tertiary/aromatic N) is 1. The van der Waals surface area contributed by atoms with Gasteiger partial charge in [0.05, 0.1) is 0 Å². The number of likely N-dealkylation sites (tertiary alicyclic amines) is 1. The zero-order chi connectivity index (χ0) is 19.8. The molecule has 0 bridgehead atoms. The molecule has 0 radical (unpaired) electrons. The number of hydrogen-bond acceptors (Lipinski definition) is 1. The Morgan fingerprint density at radius 2 is 1.62 bits per heavy atom. The van der Waals surface area contributed by atoms with Crippen LogP contribution >= 0.6 is 0 Å². The number of halogens is 1. The van der Waals surface area contributed by atoms with E-state index in [9.17, 15) is 4.39 Å². The average molecular weight is 386 g/mol. The van der Waals surface area contributed by atoms with Gasteiger partial charge in [-0.05, 0) is 79.5 Å². The van der Waals surface area contributed by atoms with Gasteiger partial charge in [0.1, 0.15) is 5.82 Å². The first kappa shape index (κ1) is 18.6. The molecule has 1 fully saturated rings. The highest BCUT2D eigenvalue weighted by molar-refractivity contribution is 5.71. The van der Waals surface area contributed by atoms with Crippen molar-refractivity contribution in [3.8, 4) is 22.3 Å². The van der Waals surface area contributed by atoms with E-state index >= 15 is 0 Å². The van der Waals surface area contributed by atoms with Crippen LogP contribution in [-0.4, -0.2) is 23.5 Å². The van der Waals surface area contributed by atoms with Crippen LogP contribution in [0.1, 0.15) is 37.3 Å². The summed E-state index contributed by atoms with van der Waals surface area (Å²) in [6.07, 6.45) is 6.20. The van der Waals surface area contributed by atoms with Crippen LogP contribution in [0.4, 0.5) is 4.39 Å². The monoisotopic (exact) mass is 385 g/mol. The van der Waals surface area contributed by atoms with E-state index in [0.717, 1.165) is 35.6 Å². The Bertz CT molecular complexity index is 1010. The SMILES string of the molecule is CC1CCCN1C1CCc2cc(-c3ccc(-c4ccccc4)c(F)c3)ccc2C1. The molecule has 1 saturated heterocycles. The molecule has 0 aromatic heterocycles. The highest BCUT2D eigenvalue weighted by atomic mass is 19.1. The smallest absolute Gasteiger partial charge is 0.131 e. The number of fused-ring (bicyclic) bond motifs is 1. The van der Waals surface area contributed by atoms with Gasteiger partial charge in [-0.2, -0.15) is 0 Å². The van der Waals surface area contributed by atoms with Crippen LogP contribution < -0.4 is 0 Å². The fraction of sp³-hybridized carbons (Fsp3) is 0.333. The van der Waals surface area contributed by atoms with Gasteiger partial charge in [-0.1, -0.05) is 60.7 Å². The van der Waals surface area contributed by atoms with E-state index in [1.807, 2.05) is 42.5 Å². The maximum absolute atomic E-state index is 14.8. The fourth-order valence-corrected chi connectivity index (χ4v) is 5.24. The van der Waals surface area contributed by atoms with Gasteiger partial charge >= 0.3 is 0 Å². The van der Waals surface area contributed by atoms with Gasteiger partial charge in [0, 0.05) is 17.6 Å². The molecule has 1 aliphatic carbocycles. The average Bonchev–Trinajstić information content (AvgIpc) is 3.19. The predicted octanol–water partition coefficient (Wildman–Crippen LogP) is 6.50. The van der Waals surface area contributed by atoms with E-state index in [1.165, 1.54) is 36.9 Å². The molecule has 5 rings (SSSR count). The first-order valence-electron chi connectivity index (χ1n) is 10.9. The highest BCUT2D eigenvalue weighted by Gasteiger charge is 2.30. The van der Waals surface area contributed by atoms with Crippen LogP contribution in [-0.2, 0) is 12.8 Å². The molecule has 3 aromatic rings. The van der Waals surface area contributed by atoms with Crippen molar-refractivity contribution in [2.45, 2.75) is 51.1 Å². The van der Waals surface area contributed by atoms with Crippen LogP contribution in [0.15, 0.2) is 66.7 Å². The summed E-state index contributed by atoms with van der Waals surface area (Å²) in [6, 6.07) is 23.5. The molecule has 0 spiro atoms. The largest absolute Gasteiger partial charge is 0.297 e. The third-order valence-electron chi connectivity index (χ3n) is 6.87. The molecule has 2 unspecified atom stereocenters. The first-order valence-corrected chi connectivity index (χ1v) is 10.9. The summed E-state index contributed by atoms with van der Waals surface area (Å²) in [7, 11) is 0. The quantitative estimate of drug-likeness (QED) is 0.497. The second-order valence-corrected chi connectivity index (χ2v) is 8.67. The lowest BCUT2D eigenvalue weighted by Crippen LogP contribution is -2.41. The molecule has 1 heterocycles. The van der Waals surface area contributed by atoms with Gasteiger partial charge in [0.2, 0.25) is 0 Å². The third-order valence-corrected chi connectivity index (χ3v) is 6.87. The second-order valence-electron chi connectivity index (χ2n) is 8.67. The van der Waals surface area contributed by atoms with E-state index in [-0.39, 0.29) is 5.82 Å². The molecule has 0 amide bonds. The molecule has 0 N–H and O–H groups in total. The summed E-state index contributed by atoms with van der Waals surface area (Å²) in [6.45, 7) is 3.63. The van der Waals surface area contributed by atoms with Crippen LogP contribution in [0.2, 0.25) is 0 Å². The standard InChI is InChI=1S/C27H28FN/c1-19-6-5-15-29(19)25-13-11-22-16-21(9-10-23(22)17-25)24-12-14-26(27(28)18-24)20-7-3-2-4-8-20/h2-4,7-10,12,14,16,18-19,25H,5-6,11,13,15,17H2,1H3. The molecule has 2 aliphatic rings. The normalized spacial score (nSPS) is 21.9. The van der Waals surface area contributed by atoms with Gasteiger partial charge in [-0.3, -0.25) is 4.90 Å². The van der Waals surface area contributed by atoms with E-state index in [4.69, 9.17) is 0 Å². The van der Waals surface area contributed by atoms with Crippen LogP contribution in [0.25, 0.3) is 22.3 Å². The minimum absolute atomic E-state index is 0.158. The molecule has 2 atom stereocenters. The fourth-order valence-electron chi connectivity index (χ4n) is 5.24. The van der Waals surface area contributed by atoms with Gasteiger partial charge in [-0.25, -0.2) is 4.39 Å². The third kappa shape index (κ3) is 3.62. The summed E-state index contributed by atoms with van der Waals surface area (Å²) in [4.78, 5) is 2.72. The Kier molecular flexibility index (Phi) is 4.97. The molecule has 148 valence electrons. The van der Waals surface area contributed by atoms with E-state index in [2.05, 4.69) is 30.0 Å². The molecular weight excluding hydrogens is 357 g/mol. The zero-order valence-electron chi connectivity index (χ0n) is 17.1. The van der Waals surface area contributed by atoms with Gasteiger partial charge < -0.3 is 0 Å². The molecule has 1 aliphatic heterocycles. The van der Waals surface area contributed by atoms with Crippen molar-refractivity contribution >= 4 is 0 Å². The molecular formula is C27H28FN. The summed E-state index contributed by atoms with van der Waals surface area (Å²) in [5, 5.41) is 0. The maximum Gasteiger partial charge on any atom is 0.131 e. The van der Waals surface area contributed by atoms with Crippen LogP contribution in [0, 0.1) is 5.82 Å². The van der Waals surface area contributed by atoms with E-state index in [0.29, 0.717) is 11.6 Å². The first-order chi connectivity index (χ1) is 14.2. The zero-order valence-corrected chi connectivity index (χ0v) is 17.1. The molecule has 29 heavy (non-hydrogen) atoms. The van der Waals surface area contributed by atoms with Gasteiger partial charge in [0.15, 0.2) is 0 Å². The molecule has 2 heteroatoms. The van der Waals surface area contributed by atoms with Gasteiger partial charge in [0.25, 0.3) is 0 Å². The van der Waals surface area contributed by atoms with E-state index < -0.39 is 0 Å². The molecule has 3 aromatic carbocycles. The van der Waals surface area contributed by atoms with Gasteiger partial charge in [-0.15, -0.1) is 0 Å². The van der Waals surface area contributed by atoms with Crippen molar-refractivity contribution in [1.29, 1.82) is 0 Å². The van der Waals surface area contributed by atoms with Crippen molar-refractivity contribution in [3.63, 3.8) is 0 Å². The minimum Gasteiger partial charge on any atom is -0.297 e. The van der Waals surface area contributed by atoms with Crippen molar-refractivity contribution in [2.24, 2.45) is 0 Å². The van der Waals surface area contributed by atoms with Crippen molar-refractivity contribution in [2.75, 3.05) is 6.54 Å². The summed E-state index contributed by atoms with van der Waals surface area (Å²) in [5.74, 6) is -0.158. The molecule has 1 nitrogen and oxygen atoms in total. The number of aryl methyl sites for hydroxylation is 1. The highest BCUT2D eigenvalue weighted by Crippen LogP contribution is 2.33. The Labute approximate surface area is 173 Å². The lowest BCUT2D eigenvalue weighted by Gasteiger charge is -2.35. The number of benzene rings is 3. The number of rotatable bonds is 3. The predicted molar refractivity (Wildman–Crippen MR) is 118 cm³/mol. The lowest BCUT2D eigenvalue weighted by molar-refractivity contribution is 0.174. The summed E-state index contributed by atoms with van der Waals surface area (Å²) >= 11 is 0. The van der Waals surface area contributed by atoms with Crippen molar-refractivity contribution in [1.82, 2.24) is 4.90 Å². The maximum atomic E-state index is 14.8. The van der Waals surface area contributed by atoms with Crippen molar-refractivity contribution < 1.29 is 4.39 Å². The van der Waals surface area contributed by atoms with E-state index in [1.54, 1.807) is 6.07 Å². The topological polar surface area (TPSA) is 3.24 Å². The Morgan fingerprint density at radius 1 is 0.828 bits per heavy atom. The summed E-state index contributed by atoms with van der Waals surface area (Å²) < 4.78 is 14.8. The summed E-state index contributed by atoms with van der Waals surface area (Å²) in [5.41, 5.74) is 6.58. The Morgan fingerprint density at radius 3 is 2.38 bits per heavy atom. The van der Waals surface area contributed by atoms with Crippen LogP contribution in [0.5, 0.6) is 0 Å². The second kappa shape index (κ2) is 7.76. The van der Waals surface area contributed by atoms with Crippen LogP contribution in [0.3, 0.4) is 0 Å². The lowest BCUT2D eigenvalue weighted by atomic mass is 9.85. The number of hydrogen-bond donors (Lipinski definition) is 0.